The number of amides is 1. The molecule has 0 atom stereocenters. The van der Waals surface area contributed by atoms with Crippen molar-refractivity contribution in [3.8, 4) is 0 Å². The summed E-state index contributed by atoms with van der Waals surface area (Å²) < 4.78 is 0. The van der Waals surface area contributed by atoms with Crippen LogP contribution in [0.2, 0.25) is 0 Å². The second kappa shape index (κ2) is 8.29. The summed E-state index contributed by atoms with van der Waals surface area (Å²) in [5, 5.41) is 2.86. The summed E-state index contributed by atoms with van der Waals surface area (Å²) in [4.78, 5) is 22.5. The Morgan fingerprint density at radius 1 is 1.16 bits per heavy atom. The second-order valence-corrected chi connectivity index (χ2v) is 4.75. The molecule has 0 aliphatic heterocycles. The van der Waals surface area contributed by atoms with Gasteiger partial charge < -0.3 is 15.8 Å². The lowest BCUT2D eigenvalue weighted by molar-refractivity contribution is -0.117. The van der Waals surface area contributed by atoms with Gasteiger partial charge in [-0.15, -0.1) is 0 Å². The van der Waals surface area contributed by atoms with Crippen LogP contribution in [0.25, 0.3) is 0 Å². The van der Waals surface area contributed by atoms with E-state index in [2.05, 4.69) is 5.32 Å². The average Bonchev–Trinajstić information content (AvgIpc) is 2.37. The third kappa shape index (κ3) is 6.60. The highest BCUT2D eigenvalue weighted by Gasteiger charge is 2.04. The first kappa shape index (κ1) is 15.2. The van der Waals surface area contributed by atoms with E-state index in [-0.39, 0.29) is 11.7 Å². The molecule has 0 aliphatic carbocycles. The Bertz CT molecular complexity index is 430. The van der Waals surface area contributed by atoms with Crippen LogP contribution in [0.5, 0.6) is 0 Å². The van der Waals surface area contributed by atoms with Crippen molar-refractivity contribution in [1.29, 1.82) is 0 Å². The van der Waals surface area contributed by atoms with Crippen molar-refractivity contribution in [2.75, 3.05) is 12.3 Å². The minimum absolute atomic E-state index is 0.0870. The zero-order chi connectivity index (χ0) is 14.1. The topological polar surface area (TPSA) is 72.2 Å². The number of Topliss-reactive ketones (excluding diaryl/α,β-unsaturated/α-hetero) is 1. The molecule has 0 fully saturated rings. The SMILES string of the molecule is CC(=O)CCCCCCNC(=O)c1cccc(N)c1. The molecule has 0 radical (unpaired) electrons. The van der Waals surface area contributed by atoms with Crippen molar-refractivity contribution >= 4 is 17.4 Å². The van der Waals surface area contributed by atoms with Crippen LogP contribution in [-0.4, -0.2) is 18.2 Å². The normalized spacial score (nSPS) is 10.2. The van der Waals surface area contributed by atoms with Crippen LogP contribution in [-0.2, 0) is 4.79 Å². The van der Waals surface area contributed by atoms with Gasteiger partial charge >= 0.3 is 0 Å². The van der Waals surface area contributed by atoms with Crippen LogP contribution in [0.1, 0.15) is 49.4 Å². The molecule has 0 heterocycles. The maximum absolute atomic E-state index is 11.8. The fraction of sp³-hybridized carbons (Fsp3) is 0.467. The Hall–Kier alpha value is -1.84. The number of hydrogen-bond acceptors (Lipinski definition) is 3. The summed E-state index contributed by atoms with van der Waals surface area (Å²) in [6.07, 6.45) is 4.61. The van der Waals surface area contributed by atoms with Crippen molar-refractivity contribution in [1.82, 2.24) is 5.32 Å². The smallest absolute Gasteiger partial charge is 0.251 e. The zero-order valence-electron chi connectivity index (χ0n) is 11.4. The molecule has 3 N–H and O–H groups in total. The highest BCUT2D eigenvalue weighted by molar-refractivity contribution is 5.94. The van der Waals surface area contributed by atoms with Crippen LogP contribution in [0.3, 0.4) is 0 Å². The maximum atomic E-state index is 11.8. The molecule has 0 bridgehead atoms. The van der Waals surface area contributed by atoms with Crippen LogP contribution in [0.15, 0.2) is 24.3 Å². The van der Waals surface area contributed by atoms with Crippen LogP contribution < -0.4 is 11.1 Å². The van der Waals surface area contributed by atoms with Gasteiger partial charge in [-0.1, -0.05) is 18.9 Å². The Morgan fingerprint density at radius 2 is 1.89 bits per heavy atom. The number of ketones is 1. The summed E-state index contributed by atoms with van der Waals surface area (Å²) in [6, 6.07) is 6.94. The van der Waals surface area contributed by atoms with E-state index in [4.69, 9.17) is 5.73 Å². The molecular weight excluding hydrogens is 240 g/mol. The van der Waals surface area contributed by atoms with E-state index < -0.39 is 0 Å². The third-order valence-electron chi connectivity index (χ3n) is 2.89. The van der Waals surface area contributed by atoms with Crippen LogP contribution in [0.4, 0.5) is 5.69 Å². The number of nitrogens with one attached hydrogen (secondary N) is 1. The minimum atomic E-state index is -0.0870. The van der Waals surface area contributed by atoms with Gasteiger partial charge in [-0.05, 0) is 38.0 Å². The molecule has 0 aromatic heterocycles. The van der Waals surface area contributed by atoms with Crippen molar-refractivity contribution in [2.45, 2.75) is 39.0 Å². The van der Waals surface area contributed by atoms with Crippen molar-refractivity contribution in [3.05, 3.63) is 29.8 Å². The number of nitrogens with two attached hydrogens (primary N) is 1. The van der Waals surface area contributed by atoms with Gasteiger partial charge in [0.1, 0.15) is 5.78 Å². The summed E-state index contributed by atoms with van der Waals surface area (Å²) in [5.74, 6) is 0.158. The molecule has 1 aromatic carbocycles. The fourth-order valence-electron chi connectivity index (χ4n) is 1.84. The van der Waals surface area contributed by atoms with Gasteiger partial charge in [0.25, 0.3) is 5.91 Å². The summed E-state index contributed by atoms with van der Waals surface area (Å²) in [7, 11) is 0. The Balaban J connectivity index is 2.12. The third-order valence-corrected chi connectivity index (χ3v) is 2.89. The molecule has 1 aromatic rings. The van der Waals surface area contributed by atoms with Gasteiger partial charge in [-0.2, -0.15) is 0 Å². The molecule has 0 unspecified atom stereocenters. The molecule has 0 saturated heterocycles. The van der Waals surface area contributed by atoms with Gasteiger partial charge in [0.15, 0.2) is 0 Å². The van der Waals surface area contributed by atoms with Gasteiger partial charge in [-0.3, -0.25) is 4.79 Å². The second-order valence-electron chi connectivity index (χ2n) is 4.75. The molecule has 0 aliphatic rings. The van der Waals surface area contributed by atoms with Crippen molar-refractivity contribution in [2.24, 2.45) is 0 Å². The first-order valence-corrected chi connectivity index (χ1v) is 6.73. The van der Waals surface area contributed by atoms with Crippen molar-refractivity contribution in [3.63, 3.8) is 0 Å². The summed E-state index contributed by atoms with van der Waals surface area (Å²) in [5.41, 5.74) is 6.81. The number of unbranched alkanes of at least 4 members (excludes halogenated alkanes) is 3. The Morgan fingerprint density at radius 3 is 2.58 bits per heavy atom. The quantitative estimate of drug-likeness (QED) is 0.558. The molecule has 1 rings (SSSR count). The highest BCUT2D eigenvalue weighted by Crippen LogP contribution is 2.06. The minimum Gasteiger partial charge on any atom is -0.399 e. The molecule has 0 saturated carbocycles. The molecule has 1 amide bonds. The first-order valence-electron chi connectivity index (χ1n) is 6.73. The van der Waals surface area contributed by atoms with E-state index in [9.17, 15) is 9.59 Å². The molecule has 0 spiro atoms. The predicted octanol–water partition coefficient (Wildman–Crippen LogP) is 2.54. The molecular formula is C15H22N2O2. The van der Waals surface area contributed by atoms with E-state index in [1.165, 1.54) is 0 Å². The van der Waals surface area contributed by atoms with E-state index in [0.29, 0.717) is 24.2 Å². The molecule has 104 valence electrons. The Kier molecular flexibility index (Phi) is 6.64. The maximum Gasteiger partial charge on any atom is 0.251 e. The standard InChI is InChI=1S/C15H22N2O2/c1-12(18)7-4-2-3-5-10-17-15(19)13-8-6-9-14(16)11-13/h6,8-9,11H,2-5,7,10,16H2,1H3,(H,17,19). The van der Waals surface area contributed by atoms with E-state index in [1.807, 2.05) is 0 Å². The number of benzene rings is 1. The van der Waals surface area contributed by atoms with Crippen LogP contribution in [0, 0.1) is 0 Å². The average molecular weight is 262 g/mol. The summed E-state index contributed by atoms with van der Waals surface area (Å²) in [6.45, 7) is 2.28. The van der Waals surface area contributed by atoms with Gasteiger partial charge in [0, 0.05) is 24.2 Å². The van der Waals surface area contributed by atoms with Gasteiger partial charge in [0.05, 0.1) is 0 Å². The van der Waals surface area contributed by atoms with Gasteiger partial charge in [0.2, 0.25) is 0 Å². The monoisotopic (exact) mass is 262 g/mol. The lowest BCUT2D eigenvalue weighted by Gasteiger charge is -2.05. The molecule has 4 heteroatoms. The van der Waals surface area contributed by atoms with E-state index in [1.54, 1.807) is 31.2 Å². The van der Waals surface area contributed by atoms with Crippen LogP contribution >= 0.6 is 0 Å². The fourth-order valence-corrected chi connectivity index (χ4v) is 1.84. The number of anilines is 1. The Labute approximate surface area is 114 Å². The predicted molar refractivity (Wildman–Crippen MR) is 77.0 cm³/mol. The lowest BCUT2D eigenvalue weighted by atomic mass is 10.1. The lowest BCUT2D eigenvalue weighted by Crippen LogP contribution is -2.24. The largest absolute Gasteiger partial charge is 0.399 e. The number of carbonyl (C=O) groups is 2. The van der Waals surface area contributed by atoms with E-state index >= 15 is 0 Å². The van der Waals surface area contributed by atoms with E-state index in [0.717, 1.165) is 25.7 Å². The molecule has 4 nitrogen and oxygen atoms in total. The summed E-state index contributed by atoms with van der Waals surface area (Å²) >= 11 is 0. The zero-order valence-corrected chi connectivity index (χ0v) is 11.4. The van der Waals surface area contributed by atoms with Gasteiger partial charge in [-0.25, -0.2) is 0 Å². The number of hydrogen-bond donors (Lipinski definition) is 2. The molecule has 19 heavy (non-hydrogen) atoms. The number of nitrogen functional groups attached to an aromatic ring is 1. The van der Waals surface area contributed by atoms with Crippen molar-refractivity contribution < 1.29 is 9.59 Å². The number of carbonyl (C=O) groups excluding carboxylic acids is 2. The first-order chi connectivity index (χ1) is 9.09. The highest BCUT2D eigenvalue weighted by atomic mass is 16.1. The number of rotatable bonds is 8.